The second-order valence-electron chi connectivity index (χ2n) is 3.16. The van der Waals surface area contributed by atoms with Crippen molar-refractivity contribution < 1.29 is 0 Å². The Kier molecular flexibility index (Phi) is 3.00. The average Bonchev–Trinajstić information content (AvgIpc) is 2.78. The van der Waals surface area contributed by atoms with Crippen LogP contribution in [-0.2, 0) is 0 Å². The third-order valence-corrected chi connectivity index (χ3v) is 2.80. The number of aromatic nitrogens is 5. The lowest BCUT2D eigenvalue weighted by molar-refractivity contribution is 0.791. The van der Waals surface area contributed by atoms with Gasteiger partial charge in [0.05, 0.1) is 17.9 Å². The molecule has 0 saturated carbocycles. The Bertz CT molecular complexity index is 522. The van der Waals surface area contributed by atoms with Gasteiger partial charge in [-0.15, -0.1) is 0 Å². The van der Waals surface area contributed by atoms with Gasteiger partial charge < -0.3 is 5.32 Å². The van der Waals surface area contributed by atoms with E-state index in [2.05, 4.69) is 46.6 Å². The molecule has 0 saturated heterocycles. The molecule has 1 unspecified atom stereocenters. The lowest BCUT2D eigenvalue weighted by Gasteiger charge is -2.12. The summed E-state index contributed by atoms with van der Waals surface area (Å²) in [7, 11) is 0. The van der Waals surface area contributed by atoms with Crippen molar-refractivity contribution in [3.05, 3.63) is 33.2 Å². The van der Waals surface area contributed by atoms with Crippen LogP contribution in [0.5, 0.6) is 0 Å². The second kappa shape index (κ2) is 4.44. The first kappa shape index (κ1) is 10.8. The molecule has 2 aromatic heterocycles. The SMILES string of the molecule is CC(Nc1cn[nH]c(=O)c1Br)c1ncn[nH]1. The van der Waals surface area contributed by atoms with Crippen molar-refractivity contribution in [1.82, 2.24) is 25.4 Å². The number of hydrogen-bond donors (Lipinski definition) is 3. The van der Waals surface area contributed by atoms with Gasteiger partial charge in [-0.3, -0.25) is 9.89 Å². The van der Waals surface area contributed by atoms with Gasteiger partial charge in [0.1, 0.15) is 16.6 Å². The lowest BCUT2D eigenvalue weighted by atomic mass is 10.3. The molecule has 0 amide bonds. The van der Waals surface area contributed by atoms with Gasteiger partial charge in [-0.1, -0.05) is 0 Å². The van der Waals surface area contributed by atoms with Crippen LogP contribution in [0.2, 0.25) is 0 Å². The first-order chi connectivity index (χ1) is 7.68. The molecule has 8 heteroatoms. The smallest absolute Gasteiger partial charge is 0.280 e. The highest BCUT2D eigenvalue weighted by Crippen LogP contribution is 2.20. The van der Waals surface area contributed by atoms with Crippen LogP contribution in [0.25, 0.3) is 0 Å². The van der Waals surface area contributed by atoms with Crippen molar-refractivity contribution >= 4 is 21.6 Å². The first-order valence-corrected chi connectivity index (χ1v) is 5.32. The van der Waals surface area contributed by atoms with Crippen molar-refractivity contribution in [3.8, 4) is 0 Å². The number of halogens is 1. The van der Waals surface area contributed by atoms with Crippen LogP contribution in [0, 0.1) is 0 Å². The molecule has 1 atom stereocenters. The van der Waals surface area contributed by atoms with Crippen LogP contribution in [0.3, 0.4) is 0 Å². The van der Waals surface area contributed by atoms with Crippen LogP contribution in [0.1, 0.15) is 18.8 Å². The zero-order valence-corrected chi connectivity index (χ0v) is 9.95. The second-order valence-corrected chi connectivity index (χ2v) is 3.96. The molecule has 0 aliphatic carbocycles. The van der Waals surface area contributed by atoms with Gasteiger partial charge in [-0.2, -0.15) is 10.2 Å². The van der Waals surface area contributed by atoms with E-state index in [1.807, 2.05) is 6.92 Å². The van der Waals surface area contributed by atoms with Crippen molar-refractivity contribution in [2.24, 2.45) is 0 Å². The molecular formula is C8H9BrN6O. The topological polar surface area (TPSA) is 99.3 Å². The fourth-order valence-electron chi connectivity index (χ4n) is 1.21. The monoisotopic (exact) mass is 284 g/mol. The van der Waals surface area contributed by atoms with Crippen molar-refractivity contribution in [2.75, 3.05) is 5.32 Å². The summed E-state index contributed by atoms with van der Waals surface area (Å²) in [6.45, 7) is 1.90. The molecule has 0 radical (unpaired) electrons. The minimum absolute atomic E-state index is 0.0950. The molecule has 0 aliphatic heterocycles. The highest BCUT2D eigenvalue weighted by atomic mass is 79.9. The van der Waals surface area contributed by atoms with E-state index >= 15 is 0 Å². The summed E-state index contributed by atoms with van der Waals surface area (Å²) in [5.74, 6) is 0.687. The van der Waals surface area contributed by atoms with E-state index in [1.165, 1.54) is 12.5 Å². The summed E-state index contributed by atoms with van der Waals surface area (Å²) in [6.07, 6.45) is 2.96. The largest absolute Gasteiger partial charge is 0.373 e. The lowest BCUT2D eigenvalue weighted by Crippen LogP contribution is -2.15. The Morgan fingerprint density at radius 2 is 2.25 bits per heavy atom. The van der Waals surface area contributed by atoms with E-state index in [0.717, 1.165) is 0 Å². The maximum absolute atomic E-state index is 11.3. The fraction of sp³-hybridized carbons (Fsp3) is 0.250. The van der Waals surface area contributed by atoms with Crippen LogP contribution in [-0.4, -0.2) is 25.4 Å². The molecule has 3 N–H and O–H groups in total. The van der Waals surface area contributed by atoms with E-state index in [4.69, 9.17) is 0 Å². The molecule has 2 rings (SSSR count). The first-order valence-electron chi connectivity index (χ1n) is 4.53. The van der Waals surface area contributed by atoms with E-state index in [1.54, 1.807) is 0 Å². The minimum Gasteiger partial charge on any atom is -0.373 e. The van der Waals surface area contributed by atoms with E-state index < -0.39 is 0 Å². The quantitative estimate of drug-likeness (QED) is 0.775. The third kappa shape index (κ3) is 2.11. The predicted octanol–water partition coefficient (Wildman–Crippen LogP) is 0.824. The standard InChI is InChI=1S/C8H9BrN6O/c1-4(7-10-3-12-14-7)13-5-2-11-15-8(16)6(5)9/h2-4H,1H3,(H,10,12,14)(H2,13,15,16). The molecule has 0 fully saturated rings. The average molecular weight is 285 g/mol. The van der Waals surface area contributed by atoms with Gasteiger partial charge in [-0.25, -0.2) is 10.1 Å². The summed E-state index contributed by atoms with van der Waals surface area (Å²) < 4.78 is 0.411. The molecular weight excluding hydrogens is 276 g/mol. The Balaban J connectivity index is 2.21. The number of nitrogens with zero attached hydrogens (tertiary/aromatic N) is 3. The maximum Gasteiger partial charge on any atom is 0.280 e. The summed E-state index contributed by atoms with van der Waals surface area (Å²) in [5, 5.41) is 15.6. The van der Waals surface area contributed by atoms with E-state index in [9.17, 15) is 4.79 Å². The highest BCUT2D eigenvalue weighted by molar-refractivity contribution is 9.10. The number of H-pyrrole nitrogens is 2. The zero-order chi connectivity index (χ0) is 11.5. The van der Waals surface area contributed by atoms with Gasteiger partial charge in [0, 0.05) is 0 Å². The Labute approximate surface area is 98.8 Å². The summed E-state index contributed by atoms with van der Waals surface area (Å²) in [6, 6.07) is -0.0950. The van der Waals surface area contributed by atoms with Crippen LogP contribution in [0.15, 0.2) is 21.8 Å². The fourth-order valence-corrected chi connectivity index (χ4v) is 1.51. The molecule has 0 bridgehead atoms. The van der Waals surface area contributed by atoms with Crippen LogP contribution >= 0.6 is 15.9 Å². The molecule has 0 spiro atoms. The van der Waals surface area contributed by atoms with Gasteiger partial charge in [0.15, 0.2) is 0 Å². The number of rotatable bonds is 3. The summed E-state index contributed by atoms with van der Waals surface area (Å²) >= 11 is 3.18. The molecule has 16 heavy (non-hydrogen) atoms. The molecule has 84 valence electrons. The van der Waals surface area contributed by atoms with E-state index in [0.29, 0.717) is 16.0 Å². The molecule has 7 nitrogen and oxygen atoms in total. The summed E-state index contributed by atoms with van der Waals surface area (Å²) in [4.78, 5) is 15.3. The number of nitrogens with one attached hydrogen (secondary N) is 3. The van der Waals surface area contributed by atoms with Crippen LogP contribution < -0.4 is 10.9 Å². The van der Waals surface area contributed by atoms with Crippen molar-refractivity contribution in [1.29, 1.82) is 0 Å². The molecule has 2 heterocycles. The van der Waals surface area contributed by atoms with Gasteiger partial charge in [0.25, 0.3) is 5.56 Å². The van der Waals surface area contributed by atoms with Crippen molar-refractivity contribution in [3.63, 3.8) is 0 Å². The zero-order valence-electron chi connectivity index (χ0n) is 8.36. The van der Waals surface area contributed by atoms with E-state index in [-0.39, 0.29) is 11.6 Å². The molecule has 0 aliphatic rings. The minimum atomic E-state index is -0.283. The van der Waals surface area contributed by atoms with Gasteiger partial charge in [-0.05, 0) is 22.9 Å². The van der Waals surface area contributed by atoms with Gasteiger partial charge in [0.2, 0.25) is 0 Å². The Morgan fingerprint density at radius 3 is 2.94 bits per heavy atom. The molecule has 0 aromatic carbocycles. The van der Waals surface area contributed by atoms with Gasteiger partial charge >= 0.3 is 0 Å². The number of anilines is 1. The maximum atomic E-state index is 11.3. The molecule has 2 aromatic rings. The summed E-state index contributed by atoms with van der Waals surface area (Å²) in [5.41, 5.74) is 0.322. The third-order valence-electron chi connectivity index (χ3n) is 2.01. The Morgan fingerprint density at radius 1 is 1.44 bits per heavy atom. The number of aromatic amines is 2. The van der Waals surface area contributed by atoms with Crippen molar-refractivity contribution in [2.45, 2.75) is 13.0 Å². The number of hydrogen-bond acceptors (Lipinski definition) is 5. The predicted molar refractivity (Wildman–Crippen MR) is 61.0 cm³/mol. The Hall–Kier alpha value is -1.70. The highest BCUT2D eigenvalue weighted by Gasteiger charge is 2.11. The normalized spacial score (nSPS) is 12.4. The van der Waals surface area contributed by atoms with Crippen LogP contribution in [0.4, 0.5) is 5.69 Å².